The third-order valence-electron chi connectivity index (χ3n) is 2.09. The maximum atomic E-state index is 13.1. The third-order valence-corrected chi connectivity index (χ3v) is 2.09. The summed E-state index contributed by atoms with van der Waals surface area (Å²) < 4.78 is 14.9. The molecule has 2 rings (SSSR count). The maximum absolute atomic E-state index is 13.1. The molecule has 17 heavy (non-hydrogen) atoms. The number of benzene rings is 1. The lowest BCUT2D eigenvalue weighted by Gasteiger charge is -1.98. The molecule has 0 radical (unpaired) electrons. The first kappa shape index (κ1) is 10.9. The second kappa shape index (κ2) is 3.77. The summed E-state index contributed by atoms with van der Waals surface area (Å²) >= 11 is 0. The fourth-order valence-corrected chi connectivity index (χ4v) is 1.25. The van der Waals surface area contributed by atoms with Crippen molar-refractivity contribution < 1.29 is 9.31 Å². The molecular formula is C8H6FN5O3. The van der Waals surface area contributed by atoms with Crippen molar-refractivity contribution in [3.63, 3.8) is 0 Å². The van der Waals surface area contributed by atoms with E-state index < -0.39 is 22.1 Å². The van der Waals surface area contributed by atoms with E-state index in [1.807, 2.05) is 0 Å². The number of aryl methyl sites for hydroxylation is 1. The summed E-state index contributed by atoms with van der Waals surface area (Å²) in [7, 11) is 1.38. The summed E-state index contributed by atoms with van der Waals surface area (Å²) in [6, 6.07) is 3.03. The zero-order valence-electron chi connectivity index (χ0n) is 8.57. The van der Waals surface area contributed by atoms with Crippen LogP contribution in [0.5, 0.6) is 0 Å². The quantitative estimate of drug-likeness (QED) is 0.543. The van der Waals surface area contributed by atoms with E-state index in [9.17, 15) is 19.3 Å². The SMILES string of the molecule is Cn1nnn(-c2ccc(F)c([N+](=O)[O-])c2)c1=O. The Morgan fingerprint density at radius 2 is 2.12 bits per heavy atom. The molecule has 0 aliphatic carbocycles. The molecule has 1 heterocycles. The molecule has 0 bridgehead atoms. The Balaban J connectivity index is 2.62. The van der Waals surface area contributed by atoms with Gasteiger partial charge in [0.05, 0.1) is 10.6 Å². The highest BCUT2D eigenvalue weighted by Crippen LogP contribution is 2.19. The van der Waals surface area contributed by atoms with Gasteiger partial charge in [-0.15, -0.1) is 0 Å². The van der Waals surface area contributed by atoms with E-state index >= 15 is 0 Å². The number of rotatable bonds is 2. The molecule has 0 aliphatic heterocycles. The van der Waals surface area contributed by atoms with E-state index in [0.29, 0.717) is 0 Å². The average molecular weight is 239 g/mol. The molecule has 0 saturated heterocycles. The molecular weight excluding hydrogens is 233 g/mol. The monoisotopic (exact) mass is 239 g/mol. The van der Waals surface area contributed by atoms with Crippen molar-refractivity contribution >= 4 is 5.69 Å². The Kier molecular flexibility index (Phi) is 2.42. The van der Waals surface area contributed by atoms with Crippen LogP contribution in [0.15, 0.2) is 23.0 Å². The highest BCUT2D eigenvalue weighted by Gasteiger charge is 2.16. The summed E-state index contributed by atoms with van der Waals surface area (Å²) in [5.74, 6) is -0.976. The summed E-state index contributed by atoms with van der Waals surface area (Å²) in [5, 5.41) is 17.5. The summed E-state index contributed by atoms with van der Waals surface area (Å²) in [6.45, 7) is 0. The Hall–Kier alpha value is -2.58. The van der Waals surface area contributed by atoms with E-state index in [4.69, 9.17) is 0 Å². The Labute approximate surface area is 93.0 Å². The molecule has 2 aromatic rings. The molecule has 9 heteroatoms. The zero-order valence-corrected chi connectivity index (χ0v) is 8.57. The fourth-order valence-electron chi connectivity index (χ4n) is 1.25. The van der Waals surface area contributed by atoms with Crippen LogP contribution < -0.4 is 5.69 Å². The topological polar surface area (TPSA) is 95.8 Å². The normalized spacial score (nSPS) is 10.5. The number of hydrogen-bond donors (Lipinski definition) is 0. The second-order valence-electron chi connectivity index (χ2n) is 3.19. The lowest BCUT2D eigenvalue weighted by atomic mass is 10.2. The fraction of sp³-hybridized carbons (Fsp3) is 0.125. The van der Waals surface area contributed by atoms with Crippen molar-refractivity contribution in [2.75, 3.05) is 0 Å². The molecule has 88 valence electrons. The smallest absolute Gasteiger partial charge is 0.258 e. The van der Waals surface area contributed by atoms with Crippen LogP contribution in [0.3, 0.4) is 0 Å². The number of halogens is 1. The van der Waals surface area contributed by atoms with Crippen molar-refractivity contribution in [3.05, 3.63) is 44.6 Å². The number of aromatic nitrogens is 4. The van der Waals surface area contributed by atoms with Gasteiger partial charge >= 0.3 is 11.4 Å². The minimum absolute atomic E-state index is 0.0798. The first-order chi connectivity index (χ1) is 8.00. The van der Waals surface area contributed by atoms with Gasteiger partial charge < -0.3 is 0 Å². The van der Waals surface area contributed by atoms with Crippen molar-refractivity contribution in [2.45, 2.75) is 0 Å². The lowest BCUT2D eigenvalue weighted by Crippen LogP contribution is -2.22. The van der Waals surface area contributed by atoms with Gasteiger partial charge in [0.25, 0.3) is 0 Å². The van der Waals surface area contributed by atoms with Crippen LogP contribution in [0.2, 0.25) is 0 Å². The summed E-state index contributed by atoms with van der Waals surface area (Å²) in [6.07, 6.45) is 0. The number of nitrogens with zero attached hydrogens (tertiary/aromatic N) is 5. The first-order valence-electron chi connectivity index (χ1n) is 4.44. The summed E-state index contributed by atoms with van der Waals surface area (Å²) in [5.41, 5.74) is -1.22. The summed E-state index contributed by atoms with van der Waals surface area (Å²) in [4.78, 5) is 21.1. The molecule has 0 spiro atoms. The van der Waals surface area contributed by atoms with Gasteiger partial charge in [0, 0.05) is 13.1 Å². The lowest BCUT2D eigenvalue weighted by molar-refractivity contribution is -0.387. The number of hydrogen-bond acceptors (Lipinski definition) is 5. The van der Waals surface area contributed by atoms with Crippen LogP contribution in [-0.4, -0.2) is 24.7 Å². The van der Waals surface area contributed by atoms with Gasteiger partial charge in [-0.1, -0.05) is 0 Å². The van der Waals surface area contributed by atoms with Crippen molar-refractivity contribution in [3.8, 4) is 5.69 Å². The molecule has 0 N–H and O–H groups in total. The van der Waals surface area contributed by atoms with Crippen LogP contribution in [-0.2, 0) is 7.05 Å². The molecule has 0 unspecified atom stereocenters. The molecule has 8 nitrogen and oxygen atoms in total. The first-order valence-corrected chi connectivity index (χ1v) is 4.44. The van der Waals surface area contributed by atoms with Gasteiger partial charge in [-0.2, -0.15) is 13.8 Å². The molecule has 0 saturated carbocycles. The predicted molar refractivity (Wildman–Crippen MR) is 53.2 cm³/mol. The van der Waals surface area contributed by atoms with Gasteiger partial charge in [0.1, 0.15) is 0 Å². The van der Waals surface area contributed by atoms with Crippen LogP contribution in [0, 0.1) is 15.9 Å². The molecule has 1 aromatic heterocycles. The minimum atomic E-state index is -0.976. The zero-order chi connectivity index (χ0) is 12.6. The van der Waals surface area contributed by atoms with Crippen molar-refractivity contribution in [1.29, 1.82) is 0 Å². The van der Waals surface area contributed by atoms with E-state index in [0.717, 1.165) is 21.5 Å². The maximum Gasteiger partial charge on any atom is 0.368 e. The van der Waals surface area contributed by atoms with E-state index in [-0.39, 0.29) is 5.69 Å². The van der Waals surface area contributed by atoms with E-state index in [1.54, 1.807) is 0 Å². The van der Waals surface area contributed by atoms with Gasteiger partial charge in [-0.3, -0.25) is 10.1 Å². The Morgan fingerprint density at radius 1 is 1.41 bits per heavy atom. The van der Waals surface area contributed by atoms with Crippen LogP contribution in [0.25, 0.3) is 5.69 Å². The van der Waals surface area contributed by atoms with Gasteiger partial charge in [-0.25, -0.2) is 4.79 Å². The highest BCUT2D eigenvalue weighted by molar-refractivity contribution is 5.43. The molecule has 0 amide bonds. The molecule has 0 atom stereocenters. The third kappa shape index (κ3) is 1.77. The standard InChI is InChI=1S/C8H6FN5O3/c1-12-8(15)13(11-10-12)5-2-3-6(9)7(4-5)14(16)17/h2-4H,1H3. The molecule has 0 fully saturated rings. The Morgan fingerprint density at radius 3 is 2.65 bits per heavy atom. The van der Waals surface area contributed by atoms with Crippen LogP contribution in [0.4, 0.5) is 10.1 Å². The van der Waals surface area contributed by atoms with Crippen LogP contribution in [0.1, 0.15) is 0 Å². The largest absolute Gasteiger partial charge is 0.368 e. The van der Waals surface area contributed by atoms with Crippen LogP contribution >= 0.6 is 0 Å². The van der Waals surface area contributed by atoms with Crippen molar-refractivity contribution in [1.82, 2.24) is 19.8 Å². The average Bonchev–Trinajstić information content (AvgIpc) is 2.60. The molecule has 0 aliphatic rings. The number of tetrazole rings is 1. The number of nitro groups is 1. The minimum Gasteiger partial charge on any atom is -0.258 e. The van der Waals surface area contributed by atoms with Gasteiger partial charge in [0.15, 0.2) is 0 Å². The number of nitro benzene ring substituents is 1. The Bertz CT molecular complexity index is 647. The second-order valence-corrected chi connectivity index (χ2v) is 3.19. The van der Waals surface area contributed by atoms with Crippen molar-refractivity contribution in [2.24, 2.45) is 7.05 Å². The highest BCUT2D eigenvalue weighted by atomic mass is 19.1. The van der Waals surface area contributed by atoms with E-state index in [1.165, 1.54) is 13.1 Å². The van der Waals surface area contributed by atoms with E-state index in [2.05, 4.69) is 10.4 Å². The van der Waals surface area contributed by atoms with Gasteiger partial charge in [-0.05, 0) is 22.6 Å². The predicted octanol–water partition coefficient (Wildman–Crippen LogP) is 0.0133. The van der Waals surface area contributed by atoms with Gasteiger partial charge in [0.2, 0.25) is 5.82 Å². The molecule has 1 aromatic carbocycles.